The van der Waals surface area contributed by atoms with Crippen LogP contribution >= 0.6 is 8.19 Å². The first kappa shape index (κ1) is 81.1. The third kappa shape index (κ3) is 75.4. The molecule has 0 spiro atoms. The third-order valence-electron chi connectivity index (χ3n) is 8.14. The molecule has 0 saturated carbocycles. The Hall–Kier alpha value is -12.9. The number of aromatic nitrogens is 28. The molecule has 0 atom stereocenters. The van der Waals surface area contributed by atoms with Gasteiger partial charge in [-0.2, -0.15) is 15.3 Å². The monoisotopic (exact) mass is 1300 g/mol. The molecule has 15 heterocycles. The Balaban J connectivity index is 0.000000512. The topological polar surface area (TPSA) is 361 Å². The van der Waals surface area contributed by atoms with Crippen LogP contribution in [0.3, 0.4) is 0 Å². The summed E-state index contributed by atoms with van der Waals surface area (Å²) in [6, 6.07) is 49.2. The number of rotatable bonds is 0. The molecule has 0 bridgehead atoms. The standard InChI is InChI=1S/C6H6.2C5H5B.C5H5N.C5H5P.C5H6Si.C4H4B2.3C4H4N2.3C3H3N3.3C2H2N4/c6*1-2-4-6-5-3-1;2*1-2-6-4-3-5-1;1-2-5-4-6-3-1;1-2-4-6-5-3-1;1-4-2-6-3-5-1;1-2-5-6-3-4-1;1-2-4-6-5-3-1;1-3-5-2-6-4-1;1-3-2-5-6-4-1;1-2-4-6-5-3-1/h1-6H;4*1-5H;1-6H;4*1-4H;3*1-3H;3*1-2H. The van der Waals surface area contributed by atoms with Gasteiger partial charge in [0.1, 0.15) is 44.3 Å². The van der Waals surface area contributed by atoms with Gasteiger partial charge in [0.2, 0.25) is 0 Å². The van der Waals surface area contributed by atoms with Crippen molar-refractivity contribution in [3.8, 4) is 0 Å². The molecule has 0 N–H and O–H groups in total. The Kier molecular flexibility index (Phi) is 66.1. The Morgan fingerprint density at radius 2 is 0.479 bits per heavy atom. The molecule has 96 heavy (non-hydrogen) atoms. The molecule has 34 heteroatoms. The van der Waals surface area contributed by atoms with E-state index in [0.29, 0.717) is 9.12 Å². The van der Waals surface area contributed by atoms with Crippen LogP contribution in [0.4, 0.5) is 0 Å². The SMILES string of the molecule is b1ccbcc1.b1ccccc1.b1ccccc1.c1cc[siH]cc1.c1ccccc1.c1ccncc1.c1ccnnc1.c1ccpcc1.c1cnccn1.c1cncnc1.c1cnncn1.c1cnnnc1.c1cnnnn1.c1ncncn1.c1ncnnn1.c1nncnn1. The second-order valence-electron chi connectivity index (χ2n) is 15.0. The van der Waals surface area contributed by atoms with Crippen molar-refractivity contribution in [1.29, 1.82) is 0 Å². The van der Waals surface area contributed by atoms with E-state index < -0.39 is 0 Å². The van der Waals surface area contributed by atoms with Gasteiger partial charge >= 0.3 is 112 Å². The minimum atomic E-state index is 0.513. The molecular weight excluding hydrogens is 1240 g/mol. The molecule has 0 radical (unpaired) electrons. The molecular formula is C62H63B4N28PSi. The molecule has 0 unspecified atom stereocenters. The van der Waals surface area contributed by atoms with Crippen molar-refractivity contribution in [2.75, 3.05) is 0 Å². The molecule has 15 aromatic heterocycles. The zero-order valence-electron chi connectivity index (χ0n) is 51.7. The van der Waals surface area contributed by atoms with Gasteiger partial charge in [0.05, 0.1) is 31.0 Å². The van der Waals surface area contributed by atoms with Crippen molar-refractivity contribution in [3.63, 3.8) is 0 Å². The van der Waals surface area contributed by atoms with E-state index >= 15 is 0 Å². The number of nitrogens with zero attached hydrogens (tertiary/aromatic N) is 28. The summed E-state index contributed by atoms with van der Waals surface area (Å²) in [5, 5.41) is 60.5. The second-order valence-corrected chi connectivity index (χ2v) is 17.1. The van der Waals surface area contributed by atoms with E-state index in [2.05, 4.69) is 183 Å². The zero-order chi connectivity index (χ0) is 67.9. The molecule has 472 valence electrons. The van der Waals surface area contributed by atoms with Gasteiger partial charge in [0.15, 0.2) is 12.7 Å². The number of benzene rings is 1. The Bertz CT molecular complexity index is 2280. The maximum atomic E-state index is 3.78. The quantitative estimate of drug-likeness (QED) is 0.137. The van der Waals surface area contributed by atoms with Gasteiger partial charge in [0, 0.05) is 77.3 Å². The first-order chi connectivity index (χ1) is 48.0. The van der Waals surface area contributed by atoms with Crippen LogP contribution in [-0.2, 0) is 0 Å². The predicted octanol–water partition coefficient (Wildman–Crippen LogP) is 7.05. The first-order valence-corrected chi connectivity index (χ1v) is 30.2. The molecule has 1 aromatic carbocycles. The van der Waals surface area contributed by atoms with Gasteiger partial charge in [-0.25, -0.2) is 34.9 Å². The van der Waals surface area contributed by atoms with Crippen LogP contribution in [0.2, 0.25) is 0 Å². The minimum Gasteiger partial charge on any atom is -0.265 e. The van der Waals surface area contributed by atoms with Crippen molar-refractivity contribution >= 4 is 45.0 Å². The van der Waals surface area contributed by atoms with E-state index in [0.717, 1.165) is 0 Å². The van der Waals surface area contributed by atoms with Gasteiger partial charge in [-0.3, -0.25) is 15.0 Å². The molecule has 0 amide bonds. The minimum absolute atomic E-state index is 0.513. The number of hydrogen-bond acceptors (Lipinski definition) is 28. The van der Waals surface area contributed by atoms with E-state index in [1.807, 2.05) is 197 Å². The molecule has 28 nitrogen and oxygen atoms in total. The number of hydrogen-bond donors (Lipinski definition) is 0. The van der Waals surface area contributed by atoms with E-state index in [4.69, 9.17) is 0 Å². The summed E-state index contributed by atoms with van der Waals surface area (Å²) in [5.41, 5.74) is 4.42. The normalized spacial score (nSPS) is 7.83. The van der Waals surface area contributed by atoms with Crippen molar-refractivity contribution in [2.45, 2.75) is 0 Å². The van der Waals surface area contributed by atoms with Gasteiger partial charge in [0.25, 0.3) is 0 Å². The Morgan fingerprint density at radius 1 is 0.177 bits per heavy atom. The Morgan fingerprint density at radius 3 is 0.635 bits per heavy atom. The van der Waals surface area contributed by atoms with Crippen molar-refractivity contribution in [2.24, 2.45) is 0 Å². The van der Waals surface area contributed by atoms with Crippen molar-refractivity contribution in [3.05, 3.63) is 378 Å². The molecule has 0 saturated heterocycles. The largest absolute Gasteiger partial charge is 0.265 e. The van der Waals surface area contributed by atoms with E-state index in [-0.39, 0.29) is 0 Å². The molecule has 0 aliphatic heterocycles. The molecule has 0 aliphatic carbocycles. The summed E-state index contributed by atoms with van der Waals surface area (Å²) >= 11 is 0. The van der Waals surface area contributed by atoms with E-state index in [9.17, 15) is 0 Å². The second kappa shape index (κ2) is 78.2. The van der Waals surface area contributed by atoms with Crippen LogP contribution in [0.15, 0.2) is 378 Å². The Labute approximate surface area is 562 Å². The summed E-state index contributed by atoms with van der Waals surface area (Å²) < 4.78 is 0. The summed E-state index contributed by atoms with van der Waals surface area (Å²) in [5.74, 6) is 20.2. The van der Waals surface area contributed by atoms with Gasteiger partial charge < -0.3 is 0 Å². The first-order valence-electron chi connectivity index (χ1n) is 27.8. The van der Waals surface area contributed by atoms with Gasteiger partial charge in [-0.05, 0) is 68.8 Å². The maximum Gasteiger partial charge on any atom is 0.160 e. The summed E-state index contributed by atoms with van der Waals surface area (Å²) in [6.07, 6.45) is 38.3. The van der Waals surface area contributed by atoms with Gasteiger partial charge in [-0.1, -0.05) is 98.4 Å². The smallest absolute Gasteiger partial charge is 0.160 e. The predicted molar refractivity (Wildman–Crippen MR) is 372 cm³/mol. The average molecular weight is 1300 g/mol. The number of pyridine rings is 1. The average Bonchev–Trinajstić information content (AvgIpc) is 3.75. The summed E-state index contributed by atoms with van der Waals surface area (Å²) in [4.78, 5) is 36.4. The van der Waals surface area contributed by atoms with Crippen LogP contribution in [0.5, 0.6) is 0 Å². The molecule has 0 fully saturated rings. The third-order valence-corrected chi connectivity index (χ3v) is 9.72. The van der Waals surface area contributed by atoms with Crippen LogP contribution in [0.1, 0.15) is 0 Å². The molecule has 0 aliphatic rings. The summed E-state index contributed by atoms with van der Waals surface area (Å²) in [7, 11) is 1.82. The fraction of sp³-hybridized carbons (Fsp3) is 0. The van der Waals surface area contributed by atoms with Crippen LogP contribution in [0.25, 0.3) is 0 Å². The molecule has 16 aromatic rings. The van der Waals surface area contributed by atoms with E-state index in [1.165, 1.54) is 83.7 Å². The fourth-order valence-corrected chi connectivity index (χ4v) is 5.56. The van der Waals surface area contributed by atoms with Gasteiger partial charge in [-0.15, -0.1) is 56.1 Å². The molecule has 16 rings (SSSR count). The van der Waals surface area contributed by atoms with E-state index in [1.54, 1.807) is 92.7 Å². The van der Waals surface area contributed by atoms with Crippen LogP contribution in [0, 0.1) is 0 Å². The van der Waals surface area contributed by atoms with Crippen LogP contribution in [-0.4, -0.2) is 179 Å². The van der Waals surface area contributed by atoms with Crippen molar-refractivity contribution in [1.82, 2.24) is 142 Å². The van der Waals surface area contributed by atoms with Crippen LogP contribution < -0.4 is 0 Å². The maximum absolute atomic E-state index is 3.78. The fourth-order valence-electron chi connectivity index (χ4n) is 4.42. The van der Waals surface area contributed by atoms with Crippen molar-refractivity contribution < 1.29 is 0 Å². The zero-order valence-corrected chi connectivity index (χ0v) is 53.7. The summed E-state index contributed by atoms with van der Waals surface area (Å²) in [6.45, 7) is 8.00.